The zero-order chi connectivity index (χ0) is 11.9. The van der Waals surface area contributed by atoms with Crippen molar-refractivity contribution in [3.63, 3.8) is 0 Å². The van der Waals surface area contributed by atoms with Crippen LogP contribution in [-0.2, 0) is 7.05 Å². The Bertz CT molecular complexity index is 549. The van der Waals surface area contributed by atoms with Crippen LogP contribution < -0.4 is 0 Å². The number of aromatic nitrogens is 2. The van der Waals surface area contributed by atoms with Crippen LogP contribution in [0, 0.1) is 18.6 Å². The molecule has 0 aliphatic carbocycles. The largest absolute Gasteiger partial charge is 0.330 e. The summed E-state index contributed by atoms with van der Waals surface area (Å²) in [6.07, 6.45) is 0. The molecule has 5 heteroatoms. The topological polar surface area (TPSA) is 17.8 Å². The molecule has 0 fully saturated rings. The number of rotatable bonds is 1. The van der Waals surface area contributed by atoms with Crippen molar-refractivity contribution in [1.82, 2.24) is 9.55 Å². The second-order valence-electron chi connectivity index (χ2n) is 3.48. The number of nitrogens with zero attached hydrogens (tertiary/aromatic N) is 2. The Kier molecular flexibility index (Phi) is 2.80. The van der Waals surface area contributed by atoms with Gasteiger partial charge in [0, 0.05) is 12.6 Å². The van der Waals surface area contributed by atoms with E-state index >= 15 is 0 Å². The van der Waals surface area contributed by atoms with Gasteiger partial charge in [0.05, 0.1) is 5.69 Å². The maximum atomic E-state index is 13.6. The van der Waals surface area contributed by atoms with Gasteiger partial charge in [-0.05, 0) is 41.1 Å². The minimum atomic E-state index is -0.470. The summed E-state index contributed by atoms with van der Waals surface area (Å²) in [7, 11) is 1.76. The molecule has 2 nitrogen and oxygen atoms in total. The van der Waals surface area contributed by atoms with E-state index in [2.05, 4.69) is 20.9 Å². The molecule has 0 saturated heterocycles. The zero-order valence-corrected chi connectivity index (χ0v) is 10.3. The molecule has 0 unspecified atom stereocenters. The first-order valence-corrected chi connectivity index (χ1v) is 5.44. The van der Waals surface area contributed by atoms with Crippen molar-refractivity contribution < 1.29 is 8.78 Å². The van der Waals surface area contributed by atoms with Crippen LogP contribution in [0.2, 0.25) is 0 Å². The highest BCUT2D eigenvalue weighted by atomic mass is 79.9. The van der Waals surface area contributed by atoms with E-state index in [1.807, 2.05) is 0 Å². The van der Waals surface area contributed by atoms with Crippen LogP contribution in [0.1, 0.15) is 5.82 Å². The number of hydrogen-bond acceptors (Lipinski definition) is 1. The molecule has 0 amide bonds. The van der Waals surface area contributed by atoms with Crippen molar-refractivity contribution in [3.8, 4) is 11.3 Å². The van der Waals surface area contributed by atoms with E-state index in [4.69, 9.17) is 0 Å². The lowest BCUT2D eigenvalue weighted by molar-refractivity contribution is 0.601. The van der Waals surface area contributed by atoms with Crippen molar-refractivity contribution >= 4 is 15.9 Å². The Labute approximate surface area is 100 Å². The Morgan fingerprint density at radius 3 is 2.56 bits per heavy atom. The molecule has 2 aromatic rings. The van der Waals surface area contributed by atoms with E-state index < -0.39 is 11.6 Å². The minimum absolute atomic E-state index is 0.204. The smallest absolute Gasteiger partial charge is 0.132 e. The third kappa shape index (κ3) is 1.75. The van der Waals surface area contributed by atoms with Crippen LogP contribution in [-0.4, -0.2) is 9.55 Å². The second kappa shape index (κ2) is 3.97. The summed E-state index contributed by atoms with van der Waals surface area (Å²) < 4.78 is 28.9. The van der Waals surface area contributed by atoms with Crippen molar-refractivity contribution in [2.24, 2.45) is 7.05 Å². The highest BCUT2D eigenvalue weighted by Crippen LogP contribution is 2.30. The van der Waals surface area contributed by atoms with Crippen LogP contribution in [0.25, 0.3) is 11.3 Å². The molecule has 1 aromatic heterocycles. The maximum absolute atomic E-state index is 13.6. The number of aryl methyl sites for hydroxylation is 1. The molecule has 0 saturated carbocycles. The summed E-state index contributed by atoms with van der Waals surface area (Å²) in [5, 5.41) is 0. The predicted molar refractivity (Wildman–Crippen MR) is 61.0 cm³/mol. The highest BCUT2D eigenvalue weighted by molar-refractivity contribution is 9.10. The van der Waals surface area contributed by atoms with Gasteiger partial charge >= 0.3 is 0 Å². The minimum Gasteiger partial charge on any atom is -0.330 e. The normalized spacial score (nSPS) is 10.8. The lowest BCUT2D eigenvalue weighted by Crippen LogP contribution is -1.97. The van der Waals surface area contributed by atoms with Gasteiger partial charge in [-0.1, -0.05) is 0 Å². The van der Waals surface area contributed by atoms with Gasteiger partial charge < -0.3 is 4.57 Å². The Balaban J connectivity index is 2.71. The van der Waals surface area contributed by atoms with Gasteiger partial charge in [0.2, 0.25) is 0 Å². The third-order valence-corrected chi connectivity index (χ3v) is 3.01. The summed E-state index contributed by atoms with van der Waals surface area (Å²) in [5.74, 6) is -0.210. The molecule has 0 radical (unpaired) electrons. The van der Waals surface area contributed by atoms with Gasteiger partial charge in [-0.25, -0.2) is 13.8 Å². The summed E-state index contributed by atoms with van der Waals surface area (Å²) >= 11 is 3.24. The summed E-state index contributed by atoms with van der Waals surface area (Å²) in [5.41, 5.74) is 0.740. The first kappa shape index (κ1) is 11.3. The third-order valence-electron chi connectivity index (χ3n) is 2.46. The first-order chi connectivity index (χ1) is 7.50. The van der Waals surface area contributed by atoms with Gasteiger partial charge in [-0.3, -0.25) is 0 Å². The molecule has 16 heavy (non-hydrogen) atoms. The SMILES string of the molecule is Cc1nc(Br)c(-c2cc(F)ccc2F)n1C. The van der Waals surface area contributed by atoms with Crippen LogP contribution in [0.3, 0.4) is 0 Å². The molecule has 0 aliphatic heterocycles. The summed E-state index contributed by atoms with van der Waals surface area (Å²) in [6.45, 7) is 1.80. The van der Waals surface area contributed by atoms with Crippen molar-refractivity contribution in [2.45, 2.75) is 6.92 Å². The fourth-order valence-electron chi connectivity index (χ4n) is 1.54. The Hall–Kier alpha value is -1.23. The van der Waals surface area contributed by atoms with E-state index in [1.54, 1.807) is 18.5 Å². The van der Waals surface area contributed by atoms with E-state index in [0.29, 0.717) is 10.3 Å². The van der Waals surface area contributed by atoms with Gasteiger partial charge in [0.25, 0.3) is 0 Å². The monoisotopic (exact) mass is 286 g/mol. The molecule has 0 bridgehead atoms. The Morgan fingerprint density at radius 1 is 1.31 bits per heavy atom. The van der Waals surface area contributed by atoms with Crippen LogP contribution in [0.15, 0.2) is 22.8 Å². The quantitative estimate of drug-likeness (QED) is 0.785. The van der Waals surface area contributed by atoms with Crippen LogP contribution >= 0.6 is 15.9 Å². The number of imidazole rings is 1. The van der Waals surface area contributed by atoms with Gasteiger partial charge in [-0.15, -0.1) is 0 Å². The number of benzene rings is 1. The standard InChI is InChI=1S/C11H9BrF2N2/c1-6-15-11(12)10(16(6)2)8-5-7(13)3-4-9(8)14/h3-5H,1-2H3. The van der Waals surface area contributed by atoms with Crippen molar-refractivity contribution in [3.05, 3.63) is 40.3 Å². The summed E-state index contributed by atoms with van der Waals surface area (Å²) in [6, 6.07) is 3.37. The van der Waals surface area contributed by atoms with Gasteiger partial charge in [0.1, 0.15) is 22.1 Å². The average molecular weight is 287 g/mol. The van der Waals surface area contributed by atoms with Crippen molar-refractivity contribution in [1.29, 1.82) is 0 Å². The lowest BCUT2D eigenvalue weighted by Gasteiger charge is -2.06. The molecule has 2 rings (SSSR count). The van der Waals surface area contributed by atoms with Crippen LogP contribution in [0.4, 0.5) is 8.78 Å². The first-order valence-electron chi connectivity index (χ1n) is 4.65. The summed E-state index contributed by atoms with van der Waals surface area (Å²) in [4.78, 5) is 4.15. The van der Waals surface area contributed by atoms with E-state index in [-0.39, 0.29) is 5.56 Å². The number of halogens is 3. The predicted octanol–water partition coefficient (Wildman–Crippen LogP) is 3.44. The zero-order valence-electron chi connectivity index (χ0n) is 8.76. The Morgan fingerprint density at radius 2 is 2.00 bits per heavy atom. The fraction of sp³-hybridized carbons (Fsp3) is 0.182. The maximum Gasteiger partial charge on any atom is 0.132 e. The highest BCUT2D eigenvalue weighted by Gasteiger charge is 2.16. The van der Waals surface area contributed by atoms with Crippen molar-refractivity contribution in [2.75, 3.05) is 0 Å². The lowest BCUT2D eigenvalue weighted by atomic mass is 10.1. The van der Waals surface area contributed by atoms with Gasteiger partial charge in [0.15, 0.2) is 0 Å². The molecule has 1 aromatic carbocycles. The van der Waals surface area contributed by atoms with E-state index in [1.165, 1.54) is 0 Å². The van der Waals surface area contributed by atoms with Gasteiger partial charge in [-0.2, -0.15) is 0 Å². The molecule has 0 atom stereocenters. The van der Waals surface area contributed by atoms with E-state index in [9.17, 15) is 8.78 Å². The van der Waals surface area contributed by atoms with E-state index in [0.717, 1.165) is 24.0 Å². The molecule has 0 aliphatic rings. The average Bonchev–Trinajstić information content (AvgIpc) is 2.46. The molecular formula is C11H9BrF2N2. The molecule has 1 heterocycles. The fourth-order valence-corrected chi connectivity index (χ4v) is 2.28. The molecule has 0 spiro atoms. The molecule has 84 valence electrons. The number of hydrogen-bond donors (Lipinski definition) is 0. The molecular weight excluding hydrogens is 278 g/mol. The molecule has 0 N–H and O–H groups in total. The second-order valence-corrected chi connectivity index (χ2v) is 4.23. The van der Waals surface area contributed by atoms with Crippen LogP contribution in [0.5, 0.6) is 0 Å².